The van der Waals surface area contributed by atoms with Crippen LogP contribution in [0.15, 0.2) is 0 Å². The Morgan fingerprint density at radius 2 is 1.82 bits per heavy atom. The highest BCUT2D eigenvalue weighted by Gasteiger charge is 2.26. The van der Waals surface area contributed by atoms with E-state index in [0.29, 0.717) is 12.7 Å². The highest BCUT2D eigenvalue weighted by molar-refractivity contribution is 7.46. The molecule has 2 fully saturated rings. The van der Waals surface area contributed by atoms with Gasteiger partial charge in [0.05, 0.1) is 25.9 Å². The van der Waals surface area contributed by atoms with E-state index in [1.165, 1.54) is 12.8 Å². The predicted molar refractivity (Wildman–Crippen MR) is 61.5 cm³/mol. The standard InChI is InChI=1S/C7H14O.C3H7O5P/c1-6(2)3-4-7-5-8-7;4-9(5,6)8-2-3-1-7-3/h6-7H,3-5H2,1-2H3;3H,1-2H2,(H2,4,5,6). The van der Waals surface area contributed by atoms with Crippen molar-refractivity contribution in [3.63, 3.8) is 0 Å². The first kappa shape index (κ1) is 15.1. The average Bonchev–Trinajstić information content (AvgIpc) is 3.06. The first-order chi connectivity index (χ1) is 7.87. The molecule has 0 saturated carbocycles. The van der Waals surface area contributed by atoms with Crippen LogP contribution in [0.3, 0.4) is 0 Å². The molecule has 2 N–H and O–H groups in total. The Kier molecular flexibility index (Phi) is 6.06. The summed E-state index contributed by atoms with van der Waals surface area (Å²) in [5, 5.41) is 0. The van der Waals surface area contributed by atoms with Crippen LogP contribution in [-0.2, 0) is 18.6 Å². The van der Waals surface area contributed by atoms with E-state index in [1.807, 2.05) is 0 Å². The fourth-order valence-corrected chi connectivity index (χ4v) is 1.46. The molecule has 2 unspecified atom stereocenters. The molecule has 2 heterocycles. The van der Waals surface area contributed by atoms with Crippen molar-refractivity contribution in [1.29, 1.82) is 0 Å². The second kappa shape index (κ2) is 6.83. The SMILES string of the molecule is CC(C)CCC1CO1.O=P(O)(O)OCC1CO1. The summed E-state index contributed by atoms with van der Waals surface area (Å²) in [6.07, 6.45) is 3.14. The van der Waals surface area contributed by atoms with Crippen molar-refractivity contribution in [3.05, 3.63) is 0 Å². The zero-order valence-corrected chi connectivity index (χ0v) is 11.1. The Labute approximate surface area is 101 Å². The van der Waals surface area contributed by atoms with Gasteiger partial charge in [0.15, 0.2) is 0 Å². The van der Waals surface area contributed by atoms with Gasteiger partial charge in [-0.1, -0.05) is 13.8 Å². The lowest BCUT2D eigenvalue weighted by atomic mass is 10.1. The summed E-state index contributed by atoms with van der Waals surface area (Å²) >= 11 is 0. The Morgan fingerprint density at radius 1 is 1.29 bits per heavy atom. The van der Waals surface area contributed by atoms with Crippen LogP contribution in [0.2, 0.25) is 0 Å². The highest BCUT2D eigenvalue weighted by Crippen LogP contribution is 2.36. The van der Waals surface area contributed by atoms with Crippen molar-refractivity contribution < 1.29 is 28.3 Å². The van der Waals surface area contributed by atoms with E-state index in [2.05, 4.69) is 23.1 Å². The largest absolute Gasteiger partial charge is 0.469 e. The predicted octanol–water partition coefficient (Wildman–Crippen LogP) is 1.32. The molecule has 0 radical (unpaired) electrons. The van der Waals surface area contributed by atoms with E-state index >= 15 is 0 Å². The molecule has 0 aromatic rings. The maximum absolute atomic E-state index is 9.98. The van der Waals surface area contributed by atoms with Crippen LogP contribution in [-0.4, -0.2) is 41.8 Å². The average molecular weight is 268 g/mol. The zero-order valence-electron chi connectivity index (χ0n) is 10.2. The van der Waals surface area contributed by atoms with Gasteiger partial charge >= 0.3 is 7.82 Å². The first-order valence-electron chi connectivity index (χ1n) is 5.80. The third-order valence-corrected chi connectivity index (χ3v) is 2.78. The molecule has 2 rings (SSSR count). The molecule has 0 aromatic heterocycles. The van der Waals surface area contributed by atoms with E-state index in [0.717, 1.165) is 12.5 Å². The number of rotatable bonds is 6. The molecule has 2 aliphatic heterocycles. The Bertz CT molecular complexity index is 254. The van der Waals surface area contributed by atoms with E-state index in [1.54, 1.807) is 0 Å². The molecular formula is C10H21O6P. The summed E-state index contributed by atoms with van der Waals surface area (Å²) in [5.41, 5.74) is 0. The molecule has 17 heavy (non-hydrogen) atoms. The quantitative estimate of drug-likeness (QED) is 0.557. The van der Waals surface area contributed by atoms with Crippen molar-refractivity contribution in [2.75, 3.05) is 19.8 Å². The molecule has 0 amide bonds. The number of ether oxygens (including phenoxy) is 2. The molecule has 2 aliphatic rings. The van der Waals surface area contributed by atoms with Crippen molar-refractivity contribution in [1.82, 2.24) is 0 Å². The van der Waals surface area contributed by atoms with Gasteiger partial charge in [-0.2, -0.15) is 0 Å². The molecule has 2 atom stereocenters. The molecule has 6 nitrogen and oxygen atoms in total. The minimum absolute atomic E-state index is 0.00965. The molecule has 102 valence electrons. The lowest BCUT2D eigenvalue weighted by Crippen LogP contribution is -1.98. The lowest BCUT2D eigenvalue weighted by molar-refractivity contribution is 0.180. The van der Waals surface area contributed by atoms with Crippen molar-refractivity contribution in [2.45, 2.75) is 38.9 Å². The highest BCUT2D eigenvalue weighted by atomic mass is 31.2. The third kappa shape index (κ3) is 10.9. The second-order valence-corrected chi connectivity index (χ2v) is 5.91. The summed E-state index contributed by atoms with van der Waals surface area (Å²) in [4.78, 5) is 16.3. The van der Waals surface area contributed by atoms with Gasteiger partial charge in [0.25, 0.3) is 0 Å². The number of phosphoric acid groups is 1. The van der Waals surface area contributed by atoms with Gasteiger partial charge in [-0.05, 0) is 18.8 Å². The first-order valence-corrected chi connectivity index (χ1v) is 7.33. The van der Waals surface area contributed by atoms with Crippen LogP contribution >= 0.6 is 7.82 Å². The van der Waals surface area contributed by atoms with Crippen molar-refractivity contribution >= 4 is 7.82 Å². The summed E-state index contributed by atoms with van der Waals surface area (Å²) in [5.74, 6) is 0.846. The Morgan fingerprint density at radius 3 is 2.18 bits per heavy atom. The van der Waals surface area contributed by atoms with E-state index < -0.39 is 7.82 Å². The third-order valence-electron chi connectivity index (χ3n) is 2.30. The van der Waals surface area contributed by atoms with E-state index in [9.17, 15) is 4.57 Å². The summed E-state index contributed by atoms with van der Waals surface area (Å²) in [6.45, 7) is 6.06. The number of hydrogen-bond acceptors (Lipinski definition) is 4. The van der Waals surface area contributed by atoms with Crippen LogP contribution < -0.4 is 0 Å². The molecule has 2 saturated heterocycles. The van der Waals surface area contributed by atoms with Gasteiger partial charge in [-0.15, -0.1) is 0 Å². The van der Waals surface area contributed by atoms with Crippen LogP contribution in [0, 0.1) is 5.92 Å². The Hall–Kier alpha value is 0.0300. The topological polar surface area (TPSA) is 91.8 Å². The lowest BCUT2D eigenvalue weighted by Gasteiger charge is -2.00. The monoisotopic (exact) mass is 268 g/mol. The zero-order chi connectivity index (χ0) is 12.9. The minimum atomic E-state index is -4.26. The minimum Gasteiger partial charge on any atom is -0.373 e. The van der Waals surface area contributed by atoms with Gasteiger partial charge in [-0.3, -0.25) is 4.52 Å². The number of phosphoric ester groups is 1. The van der Waals surface area contributed by atoms with Gasteiger partial charge in [0.2, 0.25) is 0 Å². The summed E-state index contributed by atoms with van der Waals surface area (Å²) in [6, 6.07) is 0. The maximum atomic E-state index is 9.98. The van der Waals surface area contributed by atoms with Gasteiger partial charge < -0.3 is 19.3 Å². The summed E-state index contributed by atoms with van der Waals surface area (Å²) < 4.78 is 23.8. The molecule has 0 aromatic carbocycles. The smallest absolute Gasteiger partial charge is 0.373 e. The van der Waals surface area contributed by atoms with Crippen molar-refractivity contribution in [3.8, 4) is 0 Å². The number of epoxide rings is 2. The fourth-order valence-electron chi connectivity index (χ4n) is 1.10. The van der Waals surface area contributed by atoms with Gasteiger partial charge in [-0.25, -0.2) is 4.57 Å². The van der Waals surface area contributed by atoms with E-state index in [4.69, 9.17) is 14.5 Å². The summed E-state index contributed by atoms with van der Waals surface area (Å²) in [7, 11) is -4.26. The number of hydrogen-bond donors (Lipinski definition) is 2. The van der Waals surface area contributed by atoms with Crippen LogP contribution in [0.5, 0.6) is 0 Å². The molecule has 0 aliphatic carbocycles. The van der Waals surface area contributed by atoms with Crippen LogP contribution in [0.25, 0.3) is 0 Å². The van der Waals surface area contributed by atoms with Gasteiger partial charge in [0, 0.05) is 0 Å². The second-order valence-electron chi connectivity index (χ2n) is 4.67. The fraction of sp³-hybridized carbons (Fsp3) is 1.00. The van der Waals surface area contributed by atoms with Gasteiger partial charge in [0.1, 0.15) is 6.10 Å². The van der Waals surface area contributed by atoms with E-state index in [-0.39, 0.29) is 12.7 Å². The Balaban J connectivity index is 0.000000171. The molecule has 0 bridgehead atoms. The molecule has 7 heteroatoms. The molecular weight excluding hydrogens is 247 g/mol. The van der Waals surface area contributed by atoms with Crippen LogP contribution in [0.4, 0.5) is 0 Å². The normalized spacial score (nSPS) is 26.4. The van der Waals surface area contributed by atoms with Crippen LogP contribution in [0.1, 0.15) is 26.7 Å². The molecule has 0 spiro atoms. The maximum Gasteiger partial charge on any atom is 0.469 e. The van der Waals surface area contributed by atoms with Crippen molar-refractivity contribution in [2.24, 2.45) is 5.92 Å².